The van der Waals surface area contributed by atoms with Crippen LogP contribution in [0.15, 0.2) is 58.5 Å². The first kappa shape index (κ1) is 19.8. The Morgan fingerprint density at radius 2 is 2.00 bits per heavy atom. The first-order valence-electron chi connectivity index (χ1n) is 9.65. The Labute approximate surface area is 171 Å². The third-order valence-corrected chi connectivity index (χ3v) is 5.17. The second kappa shape index (κ2) is 8.06. The number of rotatable bonds is 4. The van der Waals surface area contributed by atoms with Crippen molar-refractivity contribution in [3.8, 4) is 0 Å². The van der Waals surface area contributed by atoms with Gasteiger partial charge in [-0.2, -0.15) is 5.10 Å². The number of hydrogen-bond acceptors (Lipinski definition) is 4. The van der Waals surface area contributed by atoms with Crippen molar-refractivity contribution in [2.75, 3.05) is 12.4 Å². The lowest BCUT2D eigenvalue weighted by atomic mass is 9.83. The maximum absolute atomic E-state index is 14.2. The minimum Gasteiger partial charge on any atom is -0.376 e. The van der Waals surface area contributed by atoms with E-state index in [0.717, 1.165) is 12.0 Å². The van der Waals surface area contributed by atoms with Gasteiger partial charge in [-0.05, 0) is 42.4 Å². The van der Waals surface area contributed by atoms with Crippen LogP contribution in [0.3, 0.4) is 0 Å². The van der Waals surface area contributed by atoms with Crippen LogP contribution in [0.5, 0.6) is 0 Å². The van der Waals surface area contributed by atoms with E-state index in [1.807, 2.05) is 13.0 Å². The molecule has 0 bridgehead atoms. The molecule has 0 fully saturated rings. The molecule has 4 rings (SSSR count). The van der Waals surface area contributed by atoms with E-state index in [4.69, 9.17) is 0 Å². The SMILES string of the molecule is CC/C=C/NC(=NC)C1c2n[nH]c(=O)c3cc(F)cc(c23)NC1c1ccc(F)cc1. The van der Waals surface area contributed by atoms with Crippen molar-refractivity contribution in [2.45, 2.75) is 25.3 Å². The highest BCUT2D eigenvalue weighted by Gasteiger charge is 2.37. The van der Waals surface area contributed by atoms with E-state index in [-0.39, 0.29) is 11.2 Å². The molecule has 2 aromatic carbocycles. The van der Waals surface area contributed by atoms with Crippen molar-refractivity contribution in [1.29, 1.82) is 0 Å². The van der Waals surface area contributed by atoms with Gasteiger partial charge in [0.25, 0.3) is 5.56 Å². The second-order valence-electron chi connectivity index (χ2n) is 7.03. The molecule has 2 heterocycles. The van der Waals surface area contributed by atoms with Crippen LogP contribution in [0.1, 0.15) is 36.6 Å². The quantitative estimate of drug-likeness (QED) is 0.450. The van der Waals surface area contributed by atoms with E-state index >= 15 is 0 Å². The smallest absolute Gasteiger partial charge is 0.272 e. The van der Waals surface area contributed by atoms with Gasteiger partial charge in [0.1, 0.15) is 17.5 Å². The summed E-state index contributed by atoms with van der Waals surface area (Å²) in [4.78, 5) is 16.7. The van der Waals surface area contributed by atoms with Crippen LogP contribution in [0, 0.1) is 11.6 Å². The molecule has 8 heteroatoms. The van der Waals surface area contributed by atoms with Crippen LogP contribution in [0.2, 0.25) is 0 Å². The lowest BCUT2D eigenvalue weighted by Gasteiger charge is -2.35. The third-order valence-electron chi connectivity index (χ3n) is 5.17. The lowest BCUT2D eigenvalue weighted by Crippen LogP contribution is -2.37. The van der Waals surface area contributed by atoms with Crippen molar-refractivity contribution in [3.05, 3.63) is 81.9 Å². The molecular weight excluding hydrogens is 388 g/mol. The fourth-order valence-corrected chi connectivity index (χ4v) is 3.83. The fraction of sp³-hybridized carbons (Fsp3) is 0.227. The summed E-state index contributed by atoms with van der Waals surface area (Å²) in [5.74, 6) is -0.704. The zero-order chi connectivity index (χ0) is 21.3. The molecule has 1 aliphatic rings. The Kier molecular flexibility index (Phi) is 5.31. The average molecular weight is 409 g/mol. The number of anilines is 1. The third kappa shape index (κ3) is 3.45. The van der Waals surface area contributed by atoms with Crippen LogP contribution in [0.4, 0.5) is 14.5 Å². The summed E-state index contributed by atoms with van der Waals surface area (Å²) in [5.41, 5.74) is 1.33. The summed E-state index contributed by atoms with van der Waals surface area (Å²) in [7, 11) is 1.66. The minimum atomic E-state index is -0.530. The van der Waals surface area contributed by atoms with Gasteiger partial charge in [0.05, 0.1) is 23.0 Å². The van der Waals surface area contributed by atoms with E-state index in [2.05, 4.69) is 25.8 Å². The largest absolute Gasteiger partial charge is 0.376 e. The van der Waals surface area contributed by atoms with Crippen molar-refractivity contribution in [3.63, 3.8) is 0 Å². The molecular formula is C22H21F2N5O. The van der Waals surface area contributed by atoms with Gasteiger partial charge in [0.15, 0.2) is 0 Å². The van der Waals surface area contributed by atoms with Gasteiger partial charge in [-0.3, -0.25) is 9.79 Å². The molecule has 0 amide bonds. The Hall–Kier alpha value is -3.55. The fourth-order valence-electron chi connectivity index (χ4n) is 3.83. The van der Waals surface area contributed by atoms with E-state index in [1.54, 1.807) is 25.4 Å². The molecule has 154 valence electrons. The van der Waals surface area contributed by atoms with Gasteiger partial charge in [0.2, 0.25) is 0 Å². The Morgan fingerprint density at radius 1 is 1.23 bits per heavy atom. The van der Waals surface area contributed by atoms with E-state index < -0.39 is 23.3 Å². The highest BCUT2D eigenvalue weighted by Crippen LogP contribution is 2.43. The highest BCUT2D eigenvalue weighted by atomic mass is 19.1. The number of nitrogens with one attached hydrogen (secondary N) is 3. The van der Waals surface area contributed by atoms with Gasteiger partial charge in [-0.15, -0.1) is 0 Å². The summed E-state index contributed by atoms with van der Waals surface area (Å²) in [6.45, 7) is 2.02. The van der Waals surface area contributed by atoms with Gasteiger partial charge in [-0.1, -0.05) is 25.1 Å². The number of halogens is 2. The topological polar surface area (TPSA) is 82.2 Å². The van der Waals surface area contributed by atoms with E-state index in [9.17, 15) is 13.6 Å². The number of amidine groups is 1. The molecule has 0 radical (unpaired) electrons. The van der Waals surface area contributed by atoms with Crippen LogP contribution in [-0.2, 0) is 0 Å². The highest BCUT2D eigenvalue weighted by molar-refractivity contribution is 6.02. The maximum atomic E-state index is 14.2. The van der Waals surface area contributed by atoms with Gasteiger partial charge in [0, 0.05) is 18.1 Å². The molecule has 3 N–H and O–H groups in total. The molecule has 3 aromatic rings. The zero-order valence-corrected chi connectivity index (χ0v) is 16.5. The average Bonchev–Trinajstić information content (AvgIpc) is 2.74. The number of aliphatic imine (C=N–C) groups is 1. The standard InChI is InChI=1S/C22H21F2N5O/c1-3-4-9-26-21(25-2)18-19(12-5-7-13(23)8-6-12)27-16-11-14(24)10-15-17(16)20(18)28-29-22(15)30/h4-11,18-19,27H,3H2,1-2H3,(H,25,26)(H,29,30)/b9-4+. The summed E-state index contributed by atoms with van der Waals surface area (Å²) >= 11 is 0. The molecule has 2 atom stereocenters. The summed E-state index contributed by atoms with van der Waals surface area (Å²) in [5, 5.41) is 14.1. The minimum absolute atomic E-state index is 0.213. The monoisotopic (exact) mass is 409 g/mol. The molecule has 1 aromatic heterocycles. The zero-order valence-electron chi connectivity index (χ0n) is 16.5. The first-order valence-corrected chi connectivity index (χ1v) is 9.65. The molecule has 0 saturated carbocycles. The van der Waals surface area contributed by atoms with Crippen LogP contribution < -0.4 is 16.2 Å². The number of hydrogen-bond donors (Lipinski definition) is 3. The van der Waals surface area contributed by atoms with Crippen molar-refractivity contribution >= 4 is 22.3 Å². The number of nitrogens with zero attached hydrogens (tertiary/aromatic N) is 2. The molecule has 2 unspecified atom stereocenters. The van der Waals surface area contributed by atoms with Crippen LogP contribution in [0.25, 0.3) is 10.8 Å². The van der Waals surface area contributed by atoms with E-state index in [1.165, 1.54) is 24.3 Å². The van der Waals surface area contributed by atoms with Crippen LogP contribution >= 0.6 is 0 Å². The van der Waals surface area contributed by atoms with Crippen molar-refractivity contribution in [2.24, 2.45) is 4.99 Å². The summed E-state index contributed by atoms with van der Waals surface area (Å²) in [6, 6.07) is 8.21. The molecule has 30 heavy (non-hydrogen) atoms. The van der Waals surface area contributed by atoms with E-state index in [0.29, 0.717) is 22.6 Å². The normalized spacial score (nSPS) is 18.6. The number of benzene rings is 2. The predicted octanol–water partition coefficient (Wildman–Crippen LogP) is 3.99. The maximum Gasteiger partial charge on any atom is 0.272 e. The van der Waals surface area contributed by atoms with Crippen molar-refractivity contribution in [1.82, 2.24) is 15.5 Å². The Morgan fingerprint density at radius 3 is 2.70 bits per heavy atom. The molecule has 0 spiro atoms. The summed E-state index contributed by atoms with van der Waals surface area (Å²) in [6.07, 6.45) is 4.60. The number of allylic oxidation sites excluding steroid dienone is 1. The summed E-state index contributed by atoms with van der Waals surface area (Å²) < 4.78 is 27.8. The number of H-pyrrole nitrogens is 1. The Balaban J connectivity index is 1.95. The number of aromatic nitrogens is 2. The first-order chi connectivity index (χ1) is 14.5. The second-order valence-corrected chi connectivity index (χ2v) is 7.03. The number of aromatic amines is 1. The molecule has 6 nitrogen and oxygen atoms in total. The van der Waals surface area contributed by atoms with Crippen molar-refractivity contribution < 1.29 is 8.78 Å². The van der Waals surface area contributed by atoms with Gasteiger partial charge in [-0.25, -0.2) is 13.9 Å². The molecule has 0 aliphatic carbocycles. The Bertz CT molecular complexity index is 1200. The predicted molar refractivity (Wildman–Crippen MR) is 114 cm³/mol. The lowest BCUT2D eigenvalue weighted by molar-refractivity contribution is 0.620. The van der Waals surface area contributed by atoms with Gasteiger partial charge < -0.3 is 10.6 Å². The van der Waals surface area contributed by atoms with Crippen LogP contribution in [-0.4, -0.2) is 23.1 Å². The molecule has 1 aliphatic heterocycles. The molecule has 0 saturated heterocycles. The van der Waals surface area contributed by atoms with Gasteiger partial charge >= 0.3 is 0 Å².